The van der Waals surface area contributed by atoms with Crippen molar-refractivity contribution in [2.75, 3.05) is 0 Å². The summed E-state index contributed by atoms with van der Waals surface area (Å²) in [5, 5.41) is 3.98. The average molecular weight is 138 g/mol. The highest BCUT2D eigenvalue weighted by Gasteiger charge is 2.05. The molecule has 0 atom stereocenters. The highest BCUT2D eigenvalue weighted by atomic mass is 16.1. The molecule has 0 unspecified atom stereocenters. The van der Waals surface area contributed by atoms with Gasteiger partial charge in [0.2, 0.25) is 0 Å². The molecule has 3 nitrogen and oxygen atoms in total. The van der Waals surface area contributed by atoms with E-state index in [1.54, 1.807) is 4.68 Å². The maximum Gasteiger partial charge on any atom is 0.170 e. The zero-order chi connectivity index (χ0) is 7.72. The molecule has 10 heavy (non-hydrogen) atoms. The van der Waals surface area contributed by atoms with Crippen molar-refractivity contribution < 1.29 is 4.79 Å². The van der Waals surface area contributed by atoms with Gasteiger partial charge in [-0.1, -0.05) is 0 Å². The monoisotopic (exact) mass is 138 g/mol. The smallest absolute Gasteiger partial charge is 0.170 e. The average Bonchev–Trinajstić information content (AvgIpc) is 2.17. The molecular formula is C7H10N2O. The summed E-state index contributed by atoms with van der Waals surface area (Å²) in [6, 6.07) is 0. The first-order valence-corrected chi connectivity index (χ1v) is 3.12. The molecule has 1 rings (SSSR count). The minimum atomic E-state index is 0.542. The van der Waals surface area contributed by atoms with Crippen LogP contribution in [0.25, 0.3) is 0 Å². The van der Waals surface area contributed by atoms with E-state index < -0.39 is 0 Å². The molecule has 0 spiro atoms. The molecule has 0 saturated carbocycles. The predicted molar refractivity (Wildman–Crippen MR) is 38.1 cm³/mol. The standard InChI is InChI=1S/C7H10N2O/c1-5-6(2)9(3)8-7(5)4-10/h4H,1-3H3. The van der Waals surface area contributed by atoms with Crippen molar-refractivity contribution in [3.05, 3.63) is 17.0 Å². The Balaban J connectivity index is 3.30. The van der Waals surface area contributed by atoms with Gasteiger partial charge >= 0.3 is 0 Å². The molecule has 3 heteroatoms. The summed E-state index contributed by atoms with van der Waals surface area (Å²) in [6.45, 7) is 3.83. The maximum absolute atomic E-state index is 10.3. The Morgan fingerprint density at radius 2 is 2.10 bits per heavy atom. The lowest BCUT2D eigenvalue weighted by Crippen LogP contribution is -1.92. The number of carbonyl (C=O) groups is 1. The van der Waals surface area contributed by atoms with Crippen LogP contribution in [0.1, 0.15) is 21.7 Å². The summed E-state index contributed by atoms with van der Waals surface area (Å²) in [5.41, 5.74) is 2.56. The summed E-state index contributed by atoms with van der Waals surface area (Å²) in [4.78, 5) is 10.3. The fraction of sp³-hybridized carbons (Fsp3) is 0.429. The highest BCUT2D eigenvalue weighted by Crippen LogP contribution is 2.07. The van der Waals surface area contributed by atoms with Crippen LogP contribution in [0.5, 0.6) is 0 Å². The molecule has 1 aromatic heterocycles. The molecule has 1 aromatic rings. The van der Waals surface area contributed by atoms with Crippen LogP contribution in [0.15, 0.2) is 0 Å². The Morgan fingerprint density at radius 1 is 1.50 bits per heavy atom. The largest absolute Gasteiger partial charge is 0.296 e. The van der Waals surface area contributed by atoms with Gasteiger partial charge < -0.3 is 0 Å². The van der Waals surface area contributed by atoms with Crippen molar-refractivity contribution in [2.24, 2.45) is 7.05 Å². The molecule has 0 aromatic carbocycles. The lowest BCUT2D eigenvalue weighted by atomic mass is 10.2. The van der Waals surface area contributed by atoms with Crippen LogP contribution in [0.2, 0.25) is 0 Å². The summed E-state index contributed by atoms with van der Waals surface area (Å²) >= 11 is 0. The fourth-order valence-corrected chi connectivity index (χ4v) is 0.852. The van der Waals surface area contributed by atoms with E-state index in [1.807, 2.05) is 20.9 Å². The quantitative estimate of drug-likeness (QED) is 0.539. The van der Waals surface area contributed by atoms with Gasteiger partial charge in [0.15, 0.2) is 6.29 Å². The Morgan fingerprint density at radius 3 is 2.30 bits per heavy atom. The highest BCUT2D eigenvalue weighted by molar-refractivity contribution is 5.74. The van der Waals surface area contributed by atoms with Crippen molar-refractivity contribution in [3.8, 4) is 0 Å². The van der Waals surface area contributed by atoms with E-state index in [4.69, 9.17) is 0 Å². The second-order valence-electron chi connectivity index (χ2n) is 2.34. The molecule has 1 heterocycles. The molecule has 0 aliphatic heterocycles. The molecule has 0 fully saturated rings. The van der Waals surface area contributed by atoms with Crippen molar-refractivity contribution >= 4 is 6.29 Å². The van der Waals surface area contributed by atoms with Gasteiger partial charge in [0.05, 0.1) is 0 Å². The third-order valence-corrected chi connectivity index (χ3v) is 1.78. The van der Waals surface area contributed by atoms with Crippen LogP contribution in [0, 0.1) is 13.8 Å². The van der Waals surface area contributed by atoms with Crippen LogP contribution in [-0.2, 0) is 7.05 Å². The number of carbonyl (C=O) groups excluding carboxylic acids is 1. The molecule has 0 aliphatic rings. The van der Waals surface area contributed by atoms with E-state index in [2.05, 4.69) is 5.10 Å². The summed E-state index contributed by atoms with van der Waals surface area (Å²) in [5.74, 6) is 0. The third kappa shape index (κ3) is 0.835. The Kier molecular flexibility index (Phi) is 1.57. The molecule has 0 aliphatic carbocycles. The first-order valence-electron chi connectivity index (χ1n) is 3.12. The molecule has 0 amide bonds. The minimum Gasteiger partial charge on any atom is -0.296 e. The van der Waals surface area contributed by atoms with Crippen LogP contribution in [0.3, 0.4) is 0 Å². The number of aldehydes is 1. The number of hydrogen-bond donors (Lipinski definition) is 0. The Bertz CT molecular complexity index is 263. The first-order chi connectivity index (χ1) is 4.66. The van der Waals surface area contributed by atoms with E-state index in [1.165, 1.54) is 0 Å². The molecule has 54 valence electrons. The van der Waals surface area contributed by atoms with Crippen LogP contribution >= 0.6 is 0 Å². The summed E-state index contributed by atoms with van der Waals surface area (Å²) in [6.07, 6.45) is 0.780. The van der Waals surface area contributed by atoms with Crippen molar-refractivity contribution in [1.29, 1.82) is 0 Å². The predicted octanol–water partition coefficient (Wildman–Crippen LogP) is 0.849. The van der Waals surface area contributed by atoms with Gasteiger partial charge in [-0.2, -0.15) is 5.10 Å². The van der Waals surface area contributed by atoms with Crippen molar-refractivity contribution in [2.45, 2.75) is 13.8 Å². The maximum atomic E-state index is 10.3. The summed E-state index contributed by atoms with van der Waals surface area (Å²) in [7, 11) is 1.83. The van der Waals surface area contributed by atoms with Gasteiger partial charge in [-0.05, 0) is 13.8 Å². The lowest BCUT2D eigenvalue weighted by molar-refractivity contribution is 0.111. The van der Waals surface area contributed by atoms with Crippen molar-refractivity contribution in [3.63, 3.8) is 0 Å². The van der Waals surface area contributed by atoms with Crippen LogP contribution in [-0.4, -0.2) is 16.1 Å². The molecule has 0 N–H and O–H groups in total. The van der Waals surface area contributed by atoms with E-state index in [-0.39, 0.29) is 0 Å². The SMILES string of the molecule is Cc1c(C=O)nn(C)c1C. The number of nitrogens with zero attached hydrogens (tertiary/aromatic N) is 2. The molecule has 0 radical (unpaired) electrons. The number of hydrogen-bond acceptors (Lipinski definition) is 2. The third-order valence-electron chi connectivity index (χ3n) is 1.78. The van der Waals surface area contributed by atoms with Crippen LogP contribution < -0.4 is 0 Å². The molecule has 0 bridgehead atoms. The molecule has 0 saturated heterocycles. The van der Waals surface area contributed by atoms with E-state index in [0.717, 1.165) is 17.5 Å². The second kappa shape index (κ2) is 2.25. The van der Waals surface area contributed by atoms with Gasteiger partial charge in [-0.3, -0.25) is 9.48 Å². The van der Waals surface area contributed by atoms with Crippen LogP contribution in [0.4, 0.5) is 0 Å². The van der Waals surface area contributed by atoms with Crippen molar-refractivity contribution in [1.82, 2.24) is 9.78 Å². The van der Waals surface area contributed by atoms with Gasteiger partial charge in [0, 0.05) is 18.3 Å². The zero-order valence-electron chi connectivity index (χ0n) is 6.38. The Hall–Kier alpha value is -1.12. The van der Waals surface area contributed by atoms with Gasteiger partial charge in [0.1, 0.15) is 5.69 Å². The van der Waals surface area contributed by atoms with Gasteiger partial charge in [-0.25, -0.2) is 0 Å². The van der Waals surface area contributed by atoms with E-state index >= 15 is 0 Å². The number of aromatic nitrogens is 2. The first kappa shape index (κ1) is 6.99. The lowest BCUT2D eigenvalue weighted by Gasteiger charge is -1.90. The van der Waals surface area contributed by atoms with E-state index in [9.17, 15) is 4.79 Å². The summed E-state index contributed by atoms with van der Waals surface area (Å²) < 4.78 is 1.71. The molecular weight excluding hydrogens is 128 g/mol. The minimum absolute atomic E-state index is 0.542. The van der Waals surface area contributed by atoms with E-state index in [0.29, 0.717) is 5.69 Å². The Labute approximate surface area is 59.7 Å². The normalized spacial score (nSPS) is 9.90. The fourth-order valence-electron chi connectivity index (χ4n) is 0.852. The number of rotatable bonds is 1. The topological polar surface area (TPSA) is 34.9 Å². The zero-order valence-corrected chi connectivity index (χ0v) is 6.38. The second-order valence-corrected chi connectivity index (χ2v) is 2.34. The van der Waals surface area contributed by atoms with Gasteiger partial charge in [-0.15, -0.1) is 0 Å². The number of aryl methyl sites for hydroxylation is 1. The van der Waals surface area contributed by atoms with Gasteiger partial charge in [0.25, 0.3) is 0 Å².